The van der Waals surface area contributed by atoms with Crippen LogP contribution in [-0.2, 0) is 0 Å². The van der Waals surface area contributed by atoms with Crippen molar-refractivity contribution in [3.63, 3.8) is 0 Å². The van der Waals surface area contributed by atoms with Crippen molar-refractivity contribution in [1.82, 2.24) is 4.90 Å². The van der Waals surface area contributed by atoms with Gasteiger partial charge in [-0.05, 0) is 38.3 Å². The van der Waals surface area contributed by atoms with E-state index in [4.69, 9.17) is 10.9 Å². The molecule has 1 heterocycles. The summed E-state index contributed by atoms with van der Waals surface area (Å²) in [5, 5.41) is 11.4. The fourth-order valence-electron chi connectivity index (χ4n) is 1.87. The Labute approximate surface area is 85.8 Å². The van der Waals surface area contributed by atoms with Gasteiger partial charge in [-0.3, -0.25) is 0 Å². The van der Waals surface area contributed by atoms with E-state index in [0.29, 0.717) is 12.3 Å². The molecule has 0 amide bonds. The first-order valence-electron chi connectivity index (χ1n) is 5.41. The van der Waals surface area contributed by atoms with Gasteiger partial charge in [0.25, 0.3) is 0 Å². The lowest BCUT2D eigenvalue weighted by Gasteiger charge is -2.19. The molecular weight excluding hydrogens is 178 g/mol. The fraction of sp³-hybridized carbons (Fsp3) is 0.900. The first kappa shape index (κ1) is 11.3. The van der Waals surface area contributed by atoms with Gasteiger partial charge in [-0.1, -0.05) is 12.1 Å². The van der Waals surface area contributed by atoms with Gasteiger partial charge in [0.1, 0.15) is 5.84 Å². The molecule has 1 rings (SSSR count). The molecule has 1 aliphatic rings. The number of oxime groups is 1. The average Bonchev–Trinajstić information content (AvgIpc) is 2.39. The van der Waals surface area contributed by atoms with Crippen LogP contribution in [-0.4, -0.2) is 35.6 Å². The zero-order chi connectivity index (χ0) is 10.4. The number of nitrogens with two attached hydrogens (primary N) is 1. The molecule has 0 spiro atoms. The second-order valence-electron chi connectivity index (χ2n) is 4.22. The third-order valence-electron chi connectivity index (χ3n) is 2.92. The predicted molar refractivity (Wildman–Crippen MR) is 57.5 cm³/mol. The first-order valence-corrected chi connectivity index (χ1v) is 5.41. The van der Waals surface area contributed by atoms with Crippen molar-refractivity contribution in [2.75, 3.05) is 19.6 Å². The van der Waals surface area contributed by atoms with E-state index in [1.807, 2.05) is 0 Å². The normalized spacial score (nSPS) is 26.1. The van der Waals surface area contributed by atoms with Crippen LogP contribution in [0.1, 0.15) is 32.6 Å². The molecular formula is C10H21N3O. The minimum Gasteiger partial charge on any atom is -0.409 e. The summed E-state index contributed by atoms with van der Waals surface area (Å²) in [6.45, 7) is 5.54. The van der Waals surface area contributed by atoms with E-state index in [1.165, 1.54) is 19.3 Å². The lowest BCUT2D eigenvalue weighted by molar-refractivity contribution is 0.284. The highest BCUT2D eigenvalue weighted by Gasteiger charge is 2.13. The van der Waals surface area contributed by atoms with E-state index in [-0.39, 0.29) is 0 Å². The van der Waals surface area contributed by atoms with Crippen molar-refractivity contribution in [1.29, 1.82) is 0 Å². The van der Waals surface area contributed by atoms with Crippen LogP contribution in [0.25, 0.3) is 0 Å². The Kier molecular flexibility index (Phi) is 4.73. The third-order valence-corrected chi connectivity index (χ3v) is 2.92. The molecule has 0 aromatic carbocycles. The summed E-state index contributed by atoms with van der Waals surface area (Å²) in [4.78, 5) is 2.40. The summed E-state index contributed by atoms with van der Waals surface area (Å²) < 4.78 is 0. The molecule has 0 radical (unpaired) electrons. The van der Waals surface area contributed by atoms with Crippen LogP contribution in [0.3, 0.4) is 0 Å². The molecule has 1 atom stereocenters. The van der Waals surface area contributed by atoms with Gasteiger partial charge >= 0.3 is 0 Å². The minimum absolute atomic E-state index is 0.335. The van der Waals surface area contributed by atoms with Crippen molar-refractivity contribution in [3.8, 4) is 0 Å². The number of amidine groups is 1. The Bertz CT molecular complexity index is 194. The van der Waals surface area contributed by atoms with Crippen molar-refractivity contribution >= 4 is 5.84 Å². The second kappa shape index (κ2) is 5.86. The molecule has 4 nitrogen and oxygen atoms in total. The summed E-state index contributed by atoms with van der Waals surface area (Å²) in [6, 6.07) is 0. The molecule has 0 saturated carbocycles. The molecule has 4 heteroatoms. The van der Waals surface area contributed by atoms with Crippen LogP contribution in [0, 0.1) is 5.92 Å². The summed E-state index contributed by atoms with van der Waals surface area (Å²) in [7, 11) is 0. The van der Waals surface area contributed by atoms with Crippen LogP contribution >= 0.6 is 0 Å². The summed E-state index contributed by atoms with van der Waals surface area (Å²) in [6.07, 6.45) is 4.55. The molecule has 0 bridgehead atoms. The van der Waals surface area contributed by atoms with Gasteiger partial charge in [0.15, 0.2) is 0 Å². The molecule has 1 saturated heterocycles. The molecule has 1 unspecified atom stereocenters. The topological polar surface area (TPSA) is 61.8 Å². The molecule has 0 aromatic heterocycles. The molecule has 0 aromatic rings. The maximum Gasteiger partial charge on any atom is 0.140 e. The highest BCUT2D eigenvalue weighted by Crippen LogP contribution is 2.16. The van der Waals surface area contributed by atoms with Crippen molar-refractivity contribution < 1.29 is 5.21 Å². The molecule has 1 fully saturated rings. The van der Waals surface area contributed by atoms with Gasteiger partial charge in [0, 0.05) is 13.0 Å². The number of rotatable bonds is 3. The lowest BCUT2D eigenvalue weighted by Crippen LogP contribution is -2.29. The molecule has 82 valence electrons. The number of hydrogen-bond donors (Lipinski definition) is 2. The van der Waals surface area contributed by atoms with Gasteiger partial charge in [-0.25, -0.2) is 0 Å². The maximum absolute atomic E-state index is 8.41. The summed E-state index contributed by atoms with van der Waals surface area (Å²) in [5.41, 5.74) is 5.43. The van der Waals surface area contributed by atoms with Crippen LogP contribution in [0.4, 0.5) is 0 Å². The Morgan fingerprint density at radius 3 is 3.00 bits per heavy atom. The van der Waals surface area contributed by atoms with Crippen LogP contribution in [0.2, 0.25) is 0 Å². The van der Waals surface area contributed by atoms with Crippen molar-refractivity contribution in [2.45, 2.75) is 32.6 Å². The molecule has 3 N–H and O–H groups in total. The average molecular weight is 199 g/mol. The zero-order valence-corrected chi connectivity index (χ0v) is 8.95. The Hall–Kier alpha value is -0.770. The SMILES string of the molecule is CC1CCCN(CCC(N)=NO)CC1. The second-order valence-corrected chi connectivity index (χ2v) is 4.22. The predicted octanol–water partition coefficient (Wildman–Crippen LogP) is 1.24. The van der Waals surface area contributed by atoms with Crippen molar-refractivity contribution in [3.05, 3.63) is 0 Å². The largest absolute Gasteiger partial charge is 0.409 e. The van der Waals surface area contributed by atoms with Gasteiger partial charge in [-0.2, -0.15) is 0 Å². The van der Waals surface area contributed by atoms with E-state index in [2.05, 4.69) is 17.0 Å². The first-order chi connectivity index (χ1) is 6.72. The van der Waals surface area contributed by atoms with E-state index in [0.717, 1.165) is 25.6 Å². The Morgan fingerprint density at radius 2 is 2.29 bits per heavy atom. The van der Waals surface area contributed by atoms with E-state index in [1.54, 1.807) is 0 Å². The van der Waals surface area contributed by atoms with E-state index < -0.39 is 0 Å². The molecule has 14 heavy (non-hydrogen) atoms. The maximum atomic E-state index is 8.41. The Morgan fingerprint density at radius 1 is 1.50 bits per heavy atom. The number of hydrogen-bond acceptors (Lipinski definition) is 3. The minimum atomic E-state index is 0.335. The van der Waals surface area contributed by atoms with Crippen LogP contribution < -0.4 is 5.73 Å². The summed E-state index contributed by atoms with van der Waals surface area (Å²) in [5.74, 6) is 1.19. The number of nitrogens with zero attached hydrogens (tertiary/aromatic N) is 2. The third kappa shape index (κ3) is 3.96. The van der Waals surface area contributed by atoms with Gasteiger partial charge < -0.3 is 15.8 Å². The lowest BCUT2D eigenvalue weighted by atomic mass is 10.0. The molecule has 0 aliphatic carbocycles. The number of likely N-dealkylation sites (tertiary alicyclic amines) is 1. The fourth-order valence-corrected chi connectivity index (χ4v) is 1.87. The van der Waals surface area contributed by atoms with Gasteiger partial charge in [-0.15, -0.1) is 0 Å². The highest BCUT2D eigenvalue weighted by atomic mass is 16.4. The highest BCUT2D eigenvalue weighted by molar-refractivity contribution is 5.79. The molecule has 1 aliphatic heterocycles. The van der Waals surface area contributed by atoms with Gasteiger partial charge in [0.2, 0.25) is 0 Å². The standard InChI is InChI=1S/C10H21N3O/c1-9-3-2-6-13(7-4-9)8-5-10(11)12-14/h9,14H,2-8H2,1H3,(H2,11,12). The monoisotopic (exact) mass is 199 g/mol. The van der Waals surface area contributed by atoms with Crippen molar-refractivity contribution in [2.24, 2.45) is 16.8 Å². The smallest absolute Gasteiger partial charge is 0.140 e. The zero-order valence-electron chi connectivity index (χ0n) is 8.95. The van der Waals surface area contributed by atoms with E-state index in [9.17, 15) is 0 Å². The van der Waals surface area contributed by atoms with Gasteiger partial charge in [0.05, 0.1) is 0 Å². The summed E-state index contributed by atoms with van der Waals surface area (Å²) >= 11 is 0. The quantitative estimate of drug-likeness (QED) is 0.311. The Balaban J connectivity index is 2.24. The van der Waals surface area contributed by atoms with Crippen LogP contribution in [0.15, 0.2) is 5.16 Å². The van der Waals surface area contributed by atoms with Crippen LogP contribution in [0.5, 0.6) is 0 Å². The van der Waals surface area contributed by atoms with E-state index >= 15 is 0 Å².